The van der Waals surface area contributed by atoms with E-state index in [0.717, 1.165) is 12.0 Å². The summed E-state index contributed by atoms with van der Waals surface area (Å²) in [6, 6.07) is 4.90. The molecular formula is C12H15FO. The molecule has 14 heavy (non-hydrogen) atoms. The summed E-state index contributed by atoms with van der Waals surface area (Å²) in [4.78, 5) is 0. The minimum absolute atomic E-state index is 0.256. The van der Waals surface area contributed by atoms with Crippen molar-refractivity contribution in [3.63, 3.8) is 0 Å². The van der Waals surface area contributed by atoms with E-state index in [9.17, 15) is 9.50 Å². The van der Waals surface area contributed by atoms with E-state index in [1.54, 1.807) is 12.1 Å². The Balaban J connectivity index is 2.26. The van der Waals surface area contributed by atoms with Crippen molar-refractivity contribution in [1.29, 1.82) is 0 Å². The molecule has 1 aliphatic carbocycles. The Labute approximate surface area is 83.6 Å². The third kappa shape index (κ3) is 1.67. The molecule has 0 saturated heterocycles. The normalized spacial score (nSPS) is 27.4. The quantitative estimate of drug-likeness (QED) is 0.767. The first kappa shape index (κ1) is 9.66. The molecule has 1 fully saturated rings. The van der Waals surface area contributed by atoms with Gasteiger partial charge in [0.2, 0.25) is 0 Å². The summed E-state index contributed by atoms with van der Waals surface area (Å²) >= 11 is 0. The second-order valence-corrected chi connectivity index (χ2v) is 4.35. The average Bonchev–Trinajstić information content (AvgIpc) is 2.86. The zero-order chi connectivity index (χ0) is 10.3. The van der Waals surface area contributed by atoms with Gasteiger partial charge in [0.25, 0.3) is 0 Å². The van der Waals surface area contributed by atoms with E-state index in [4.69, 9.17) is 0 Å². The van der Waals surface area contributed by atoms with E-state index in [2.05, 4.69) is 6.92 Å². The molecule has 1 aliphatic rings. The largest absolute Gasteiger partial charge is 0.388 e. The van der Waals surface area contributed by atoms with Crippen LogP contribution in [0, 0.1) is 24.6 Å². The van der Waals surface area contributed by atoms with Crippen molar-refractivity contribution in [2.24, 2.45) is 11.8 Å². The minimum atomic E-state index is -0.620. The Bertz CT molecular complexity index is 348. The molecule has 0 aromatic heterocycles. The van der Waals surface area contributed by atoms with E-state index < -0.39 is 6.10 Å². The Morgan fingerprint density at radius 2 is 2.14 bits per heavy atom. The first-order valence-electron chi connectivity index (χ1n) is 5.03. The summed E-state index contributed by atoms with van der Waals surface area (Å²) in [6.07, 6.45) is 0.388. The zero-order valence-electron chi connectivity index (χ0n) is 8.50. The van der Waals surface area contributed by atoms with Crippen molar-refractivity contribution in [1.82, 2.24) is 0 Å². The van der Waals surface area contributed by atoms with Gasteiger partial charge < -0.3 is 5.11 Å². The van der Waals surface area contributed by atoms with Gasteiger partial charge in [0.15, 0.2) is 0 Å². The van der Waals surface area contributed by atoms with Crippen LogP contribution < -0.4 is 0 Å². The lowest BCUT2D eigenvalue weighted by molar-refractivity contribution is 0.143. The molecule has 3 unspecified atom stereocenters. The molecule has 1 N–H and O–H groups in total. The maximum absolute atomic E-state index is 13.4. The van der Waals surface area contributed by atoms with Gasteiger partial charge in [-0.1, -0.05) is 24.6 Å². The van der Waals surface area contributed by atoms with Gasteiger partial charge >= 0.3 is 0 Å². The number of aryl methyl sites for hydroxylation is 1. The van der Waals surface area contributed by atoms with Crippen LogP contribution >= 0.6 is 0 Å². The fourth-order valence-electron chi connectivity index (χ4n) is 1.91. The molecule has 0 amide bonds. The summed E-state index contributed by atoms with van der Waals surface area (Å²) in [5.41, 5.74) is 1.45. The highest BCUT2D eigenvalue weighted by Gasteiger charge is 2.40. The first-order chi connectivity index (χ1) is 6.59. The monoisotopic (exact) mass is 194 g/mol. The zero-order valence-corrected chi connectivity index (χ0v) is 8.50. The Morgan fingerprint density at radius 1 is 1.50 bits per heavy atom. The number of rotatable bonds is 2. The van der Waals surface area contributed by atoms with Crippen LogP contribution in [0.4, 0.5) is 4.39 Å². The van der Waals surface area contributed by atoms with Gasteiger partial charge in [0.1, 0.15) is 5.82 Å². The van der Waals surface area contributed by atoms with Crippen LogP contribution in [0.1, 0.15) is 30.6 Å². The molecule has 2 heteroatoms. The second-order valence-electron chi connectivity index (χ2n) is 4.35. The number of benzene rings is 1. The molecule has 0 spiro atoms. The van der Waals surface area contributed by atoms with Crippen molar-refractivity contribution in [2.45, 2.75) is 26.4 Å². The second kappa shape index (κ2) is 3.35. The highest BCUT2D eigenvalue weighted by atomic mass is 19.1. The van der Waals surface area contributed by atoms with Gasteiger partial charge in [-0.05, 0) is 31.2 Å². The lowest BCUT2D eigenvalue weighted by Gasteiger charge is -2.11. The minimum Gasteiger partial charge on any atom is -0.388 e. The van der Waals surface area contributed by atoms with Crippen LogP contribution in [0.15, 0.2) is 18.2 Å². The number of aliphatic hydroxyl groups excluding tert-OH is 1. The van der Waals surface area contributed by atoms with Crippen molar-refractivity contribution in [3.8, 4) is 0 Å². The number of hydrogen-bond donors (Lipinski definition) is 1. The Morgan fingerprint density at radius 3 is 2.71 bits per heavy atom. The van der Waals surface area contributed by atoms with Gasteiger partial charge in [-0.25, -0.2) is 4.39 Å². The number of hydrogen-bond acceptors (Lipinski definition) is 1. The third-order valence-corrected chi connectivity index (χ3v) is 3.05. The molecule has 1 saturated carbocycles. The number of halogens is 1. The topological polar surface area (TPSA) is 20.2 Å². The summed E-state index contributed by atoms with van der Waals surface area (Å²) in [7, 11) is 0. The molecule has 0 heterocycles. The Hall–Kier alpha value is -0.890. The van der Waals surface area contributed by atoms with E-state index in [1.165, 1.54) is 6.07 Å². The van der Waals surface area contributed by atoms with Crippen molar-refractivity contribution >= 4 is 0 Å². The molecule has 76 valence electrons. The first-order valence-corrected chi connectivity index (χ1v) is 5.03. The highest BCUT2D eigenvalue weighted by molar-refractivity contribution is 5.27. The van der Waals surface area contributed by atoms with Gasteiger partial charge in [-0.3, -0.25) is 0 Å². The SMILES string of the molecule is Cc1ccc(F)c(C(O)C2CC2C)c1. The summed E-state index contributed by atoms with van der Waals surface area (Å²) in [6.45, 7) is 3.99. The van der Waals surface area contributed by atoms with Crippen LogP contribution in [0.5, 0.6) is 0 Å². The standard InChI is InChI=1S/C12H15FO/c1-7-3-4-11(13)10(5-7)12(14)9-6-8(9)2/h3-5,8-9,12,14H,6H2,1-2H3. The van der Waals surface area contributed by atoms with Gasteiger partial charge in [-0.2, -0.15) is 0 Å². The molecule has 1 aromatic carbocycles. The van der Waals surface area contributed by atoms with E-state index in [-0.39, 0.29) is 11.7 Å². The fraction of sp³-hybridized carbons (Fsp3) is 0.500. The highest BCUT2D eigenvalue weighted by Crippen LogP contribution is 2.47. The maximum atomic E-state index is 13.4. The van der Waals surface area contributed by atoms with E-state index in [0.29, 0.717) is 11.5 Å². The molecule has 1 aromatic rings. The predicted molar refractivity (Wildman–Crippen MR) is 53.4 cm³/mol. The molecule has 3 atom stereocenters. The average molecular weight is 194 g/mol. The molecular weight excluding hydrogens is 179 g/mol. The van der Waals surface area contributed by atoms with Gasteiger partial charge in [-0.15, -0.1) is 0 Å². The number of aliphatic hydroxyl groups is 1. The van der Waals surface area contributed by atoms with Gasteiger partial charge in [0, 0.05) is 5.56 Å². The van der Waals surface area contributed by atoms with E-state index in [1.807, 2.05) is 6.92 Å². The van der Waals surface area contributed by atoms with Crippen LogP contribution in [-0.4, -0.2) is 5.11 Å². The third-order valence-electron chi connectivity index (χ3n) is 3.05. The van der Waals surface area contributed by atoms with Crippen LogP contribution in [0.3, 0.4) is 0 Å². The lowest BCUT2D eigenvalue weighted by Crippen LogP contribution is -2.04. The van der Waals surface area contributed by atoms with Crippen LogP contribution in [-0.2, 0) is 0 Å². The van der Waals surface area contributed by atoms with Crippen LogP contribution in [0.25, 0.3) is 0 Å². The van der Waals surface area contributed by atoms with Crippen molar-refractivity contribution < 1.29 is 9.50 Å². The Kier molecular flexibility index (Phi) is 2.31. The van der Waals surface area contributed by atoms with E-state index >= 15 is 0 Å². The molecule has 1 nitrogen and oxygen atoms in total. The molecule has 0 radical (unpaired) electrons. The maximum Gasteiger partial charge on any atom is 0.129 e. The van der Waals surface area contributed by atoms with Crippen LogP contribution in [0.2, 0.25) is 0 Å². The van der Waals surface area contributed by atoms with Crippen molar-refractivity contribution in [3.05, 3.63) is 35.1 Å². The van der Waals surface area contributed by atoms with Gasteiger partial charge in [0.05, 0.1) is 6.10 Å². The molecule has 2 rings (SSSR count). The summed E-state index contributed by atoms with van der Waals surface area (Å²) < 4.78 is 13.4. The molecule has 0 aliphatic heterocycles. The smallest absolute Gasteiger partial charge is 0.129 e. The lowest BCUT2D eigenvalue weighted by atomic mass is 10.0. The molecule has 0 bridgehead atoms. The predicted octanol–water partition coefficient (Wildman–Crippen LogP) is 2.82. The summed E-state index contributed by atoms with van der Waals surface area (Å²) in [5, 5.41) is 9.90. The summed E-state index contributed by atoms with van der Waals surface area (Å²) in [5.74, 6) is 0.499. The fourth-order valence-corrected chi connectivity index (χ4v) is 1.91. The van der Waals surface area contributed by atoms with Crippen molar-refractivity contribution in [2.75, 3.05) is 0 Å².